The van der Waals surface area contributed by atoms with Crippen LogP contribution in [0.1, 0.15) is 76.8 Å². The van der Waals surface area contributed by atoms with Crippen LogP contribution in [0, 0.1) is 10.8 Å². The monoisotopic (exact) mass is 595 g/mol. The van der Waals surface area contributed by atoms with Crippen LogP contribution in [-0.4, -0.2) is 34.1 Å². The van der Waals surface area contributed by atoms with E-state index in [9.17, 15) is 19.5 Å². The van der Waals surface area contributed by atoms with Gasteiger partial charge in [0.25, 0.3) is 0 Å². The zero-order valence-electron chi connectivity index (χ0n) is 23.9. The number of hydrogen-bond acceptors (Lipinski definition) is 5. The number of allylic oxidation sites excluding steroid dienone is 4. The van der Waals surface area contributed by atoms with Gasteiger partial charge in [0, 0.05) is 63.5 Å². The summed E-state index contributed by atoms with van der Waals surface area (Å²) in [6, 6.07) is 12.7. The molecule has 0 atom stereocenters. The Bertz CT molecular complexity index is 1450. The number of carboxylic acids is 1. The summed E-state index contributed by atoms with van der Waals surface area (Å²) in [5, 5.41) is 10.7. The molecule has 0 aromatic heterocycles. The quantitative estimate of drug-likeness (QED) is 0.352. The number of Topliss-reactive ketones (excluding diaryl/α,β-unsaturated/α-hetero) is 2. The lowest BCUT2D eigenvalue weighted by atomic mass is 9.63. The van der Waals surface area contributed by atoms with E-state index in [1.165, 1.54) is 0 Å². The Morgan fingerprint density at radius 2 is 1.49 bits per heavy atom. The van der Waals surface area contributed by atoms with Crippen LogP contribution >= 0.6 is 23.2 Å². The summed E-state index contributed by atoms with van der Waals surface area (Å²) in [5.74, 6) is -1.11. The zero-order valence-corrected chi connectivity index (χ0v) is 25.4. The number of ketones is 2. The number of carbonyl (C=O) groups excluding carboxylic acids is 2. The van der Waals surface area contributed by atoms with Gasteiger partial charge < -0.3 is 14.7 Å². The van der Waals surface area contributed by atoms with Gasteiger partial charge in [0.2, 0.25) is 0 Å². The standard InChI is InChI=1S/C33H35Cl2NO5/c1-32(2)14-23-30(25(37)16-32)29(31-24(36(23)11-10-28(39)40)15-33(3,4)17-26(31)38)22-13-21(35)8-9-27(22)41-18-19-6-5-7-20(34)12-19/h5-9,12-13,29H,10-11,14-18H2,1-4H3,(H,39,40). The van der Waals surface area contributed by atoms with E-state index >= 15 is 0 Å². The van der Waals surface area contributed by atoms with Crippen molar-refractivity contribution in [1.29, 1.82) is 0 Å². The fraction of sp³-hybridized carbons (Fsp3) is 0.424. The Labute approximate surface area is 251 Å². The highest BCUT2D eigenvalue weighted by atomic mass is 35.5. The number of carboxylic acid groups (broad SMARTS) is 1. The van der Waals surface area contributed by atoms with Gasteiger partial charge in [-0.3, -0.25) is 14.4 Å². The van der Waals surface area contributed by atoms with Gasteiger partial charge in [0.05, 0.1) is 6.42 Å². The first-order valence-corrected chi connectivity index (χ1v) is 14.7. The number of carbonyl (C=O) groups is 3. The van der Waals surface area contributed by atoms with Crippen molar-refractivity contribution in [2.45, 2.75) is 72.3 Å². The molecule has 2 aromatic carbocycles. The summed E-state index contributed by atoms with van der Waals surface area (Å²) in [6.07, 6.45) is 1.74. The lowest BCUT2D eigenvalue weighted by Gasteiger charge is -2.49. The second-order valence-corrected chi connectivity index (χ2v) is 13.8. The molecule has 2 aromatic rings. The highest BCUT2D eigenvalue weighted by molar-refractivity contribution is 6.31. The van der Waals surface area contributed by atoms with Crippen molar-refractivity contribution in [2.75, 3.05) is 6.54 Å². The minimum atomic E-state index is -0.925. The highest BCUT2D eigenvalue weighted by Gasteiger charge is 2.49. The molecule has 0 unspecified atom stereocenters. The van der Waals surface area contributed by atoms with E-state index < -0.39 is 11.9 Å². The van der Waals surface area contributed by atoms with Gasteiger partial charge in [-0.2, -0.15) is 0 Å². The second-order valence-electron chi connectivity index (χ2n) is 12.9. The van der Waals surface area contributed by atoms with Crippen LogP contribution in [-0.2, 0) is 21.0 Å². The number of halogens is 2. The van der Waals surface area contributed by atoms with Gasteiger partial charge >= 0.3 is 5.97 Å². The Balaban J connectivity index is 1.70. The normalized spacial score (nSPS) is 20.2. The maximum atomic E-state index is 14.0. The van der Waals surface area contributed by atoms with Gasteiger partial charge in [0.1, 0.15) is 12.4 Å². The van der Waals surface area contributed by atoms with Crippen molar-refractivity contribution in [1.82, 2.24) is 4.90 Å². The van der Waals surface area contributed by atoms with Crippen molar-refractivity contribution >= 4 is 40.7 Å². The summed E-state index contributed by atoms with van der Waals surface area (Å²) in [5.41, 5.74) is 3.65. The van der Waals surface area contributed by atoms with Crippen LogP contribution in [0.3, 0.4) is 0 Å². The minimum Gasteiger partial charge on any atom is -0.489 e. The SMILES string of the molecule is CC1(C)CC(=O)C2=C(C1)N(CCC(=O)O)C1=C(C(=O)CC(C)(C)C1)C2c1cc(Cl)ccc1OCc1cccc(Cl)c1. The highest BCUT2D eigenvalue weighted by Crippen LogP contribution is 2.55. The Hall–Kier alpha value is -3.09. The molecule has 8 heteroatoms. The minimum absolute atomic E-state index is 0.0356. The largest absolute Gasteiger partial charge is 0.489 e. The summed E-state index contributed by atoms with van der Waals surface area (Å²) in [4.78, 5) is 41.7. The van der Waals surface area contributed by atoms with Crippen LogP contribution in [0.15, 0.2) is 65.0 Å². The van der Waals surface area contributed by atoms with E-state index in [1.807, 2.05) is 23.1 Å². The predicted molar refractivity (Wildman–Crippen MR) is 159 cm³/mol. The van der Waals surface area contributed by atoms with Crippen molar-refractivity contribution in [3.05, 3.63) is 86.2 Å². The third-order valence-corrected chi connectivity index (χ3v) is 8.61. The van der Waals surface area contributed by atoms with Crippen molar-refractivity contribution in [3.63, 3.8) is 0 Å². The summed E-state index contributed by atoms with van der Waals surface area (Å²) < 4.78 is 6.33. The number of hydrogen-bond donors (Lipinski definition) is 1. The molecular weight excluding hydrogens is 561 g/mol. The third kappa shape index (κ3) is 6.09. The predicted octanol–water partition coefficient (Wildman–Crippen LogP) is 7.73. The maximum Gasteiger partial charge on any atom is 0.305 e. The second kappa shape index (κ2) is 11.0. The number of ether oxygens (including phenoxy) is 1. The number of rotatable bonds is 7. The van der Waals surface area contributed by atoms with Crippen LogP contribution in [0.5, 0.6) is 5.75 Å². The number of benzene rings is 2. The summed E-state index contributed by atoms with van der Waals surface area (Å²) >= 11 is 12.7. The third-order valence-electron chi connectivity index (χ3n) is 8.14. The molecule has 0 amide bonds. The molecule has 0 bridgehead atoms. The van der Waals surface area contributed by atoms with Crippen molar-refractivity contribution in [3.8, 4) is 5.75 Å². The van der Waals surface area contributed by atoms with E-state index in [2.05, 4.69) is 27.7 Å². The molecule has 216 valence electrons. The molecule has 0 radical (unpaired) electrons. The van der Waals surface area contributed by atoms with Crippen LogP contribution < -0.4 is 4.74 Å². The maximum absolute atomic E-state index is 14.0. The van der Waals surface area contributed by atoms with Crippen LogP contribution in [0.2, 0.25) is 10.0 Å². The fourth-order valence-electron chi connectivity index (χ4n) is 6.50. The van der Waals surface area contributed by atoms with E-state index in [0.717, 1.165) is 17.0 Å². The molecule has 5 rings (SSSR count). The smallest absolute Gasteiger partial charge is 0.305 e. The van der Waals surface area contributed by atoms with Crippen molar-refractivity contribution in [2.24, 2.45) is 10.8 Å². The van der Waals surface area contributed by atoms with E-state index in [4.69, 9.17) is 27.9 Å². The van der Waals surface area contributed by atoms with Gasteiger partial charge in [-0.1, -0.05) is 63.0 Å². The molecule has 0 spiro atoms. The average Bonchev–Trinajstić information content (AvgIpc) is 2.85. The average molecular weight is 597 g/mol. The number of aliphatic carboxylic acids is 1. The van der Waals surface area contributed by atoms with Crippen LogP contribution in [0.4, 0.5) is 0 Å². The molecule has 1 N–H and O–H groups in total. The summed E-state index contributed by atoms with van der Waals surface area (Å²) in [6.45, 7) is 8.65. The number of nitrogens with zero attached hydrogens (tertiary/aromatic N) is 1. The first-order valence-electron chi connectivity index (χ1n) is 13.9. The van der Waals surface area contributed by atoms with Gasteiger partial charge in [-0.05, 0) is 59.6 Å². The lowest BCUT2D eigenvalue weighted by Crippen LogP contribution is -2.45. The molecule has 0 saturated carbocycles. The summed E-state index contributed by atoms with van der Waals surface area (Å²) in [7, 11) is 0. The molecule has 3 aliphatic rings. The Morgan fingerprint density at radius 3 is 2.05 bits per heavy atom. The molecule has 0 saturated heterocycles. The fourth-order valence-corrected chi connectivity index (χ4v) is 6.89. The molecule has 41 heavy (non-hydrogen) atoms. The molecule has 1 aliphatic heterocycles. The zero-order chi connectivity index (χ0) is 29.7. The van der Waals surface area contributed by atoms with Gasteiger partial charge in [-0.25, -0.2) is 0 Å². The molecule has 2 aliphatic carbocycles. The molecule has 0 fully saturated rings. The van der Waals surface area contributed by atoms with Crippen LogP contribution in [0.25, 0.3) is 0 Å². The Morgan fingerprint density at radius 1 is 0.902 bits per heavy atom. The van der Waals surface area contributed by atoms with Gasteiger partial charge in [-0.15, -0.1) is 0 Å². The first-order chi connectivity index (χ1) is 19.2. The van der Waals surface area contributed by atoms with Gasteiger partial charge in [0.15, 0.2) is 11.6 Å². The molecule has 1 heterocycles. The van der Waals surface area contributed by atoms with E-state index in [0.29, 0.717) is 58.2 Å². The first kappa shape index (κ1) is 29.4. The lowest BCUT2D eigenvalue weighted by molar-refractivity contribution is -0.137. The Kier molecular flexibility index (Phi) is 7.86. The molecule has 6 nitrogen and oxygen atoms in total. The molecular formula is C33H35Cl2NO5. The van der Waals surface area contributed by atoms with E-state index in [1.54, 1.807) is 24.3 Å². The van der Waals surface area contributed by atoms with Crippen molar-refractivity contribution < 1.29 is 24.2 Å². The van der Waals surface area contributed by atoms with E-state index in [-0.39, 0.29) is 42.0 Å². The topological polar surface area (TPSA) is 83.9 Å².